The van der Waals surface area contributed by atoms with Crippen molar-refractivity contribution in [2.75, 3.05) is 0 Å². The van der Waals surface area contributed by atoms with Gasteiger partial charge in [-0.05, 0) is 23.5 Å². The summed E-state index contributed by atoms with van der Waals surface area (Å²) in [7, 11) is 0. The number of aromatic nitrogens is 1. The SMILES string of the molecule is O=CC(Cc1ccccc1)NC(=O)c1csnc1-c1ccccc1. The number of carbonyl (C=O) groups is 2. The Morgan fingerprint density at radius 3 is 2.42 bits per heavy atom. The summed E-state index contributed by atoms with van der Waals surface area (Å²) in [6.45, 7) is 0. The van der Waals surface area contributed by atoms with Gasteiger partial charge in [-0.1, -0.05) is 60.7 Å². The summed E-state index contributed by atoms with van der Waals surface area (Å²) in [5.74, 6) is -0.282. The number of nitrogens with zero attached hydrogens (tertiary/aromatic N) is 1. The molecule has 1 atom stereocenters. The van der Waals surface area contributed by atoms with Crippen molar-refractivity contribution in [3.05, 3.63) is 77.2 Å². The first-order valence-electron chi connectivity index (χ1n) is 7.58. The summed E-state index contributed by atoms with van der Waals surface area (Å²) >= 11 is 1.23. The van der Waals surface area contributed by atoms with Crippen LogP contribution in [0, 0.1) is 0 Å². The van der Waals surface area contributed by atoms with Gasteiger partial charge in [0.05, 0.1) is 17.3 Å². The lowest BCUT2D eigenvalue weighted by Gasteiger charge is -2.13. The maximum absolute atomic E-state index is 12.6. The van der Waals surface area contributed by atoms with Crippen molar-refractivity contribution in [2.45, 2.75) is 12.5 Å². The third kappa shape index (κ3) is 3.75. The molecule has 0 saturated heterocycles. The summed E-state index contributed by atoms with van der Waals surface area (Å²) in [5, 5.41) is 4.50. The van der Waals surface area contributed by atoms with E-state index in [4.69, 9.17) is 0 Å². The normalized spacial score (nSPS) is 11.7. The van der Waals surface area contributed by atoms with Crippen LogP contribution in [0.1, 0.15) is 15.9 Å². The monoisotopic (exact) mass is 336 g/mol. The van der Waals surface area contributed by atoms with E-state index >= 15 is 0 Å². The Hall–Kier alpha value is -2.79. The van der Waals surface area contributed by atoms with Gasteiger partial charge < -0.3 is 10.1 Å². The molecule has 24 heavy (non-hydrogen) atoms. The molecule has 0 bridgehead atoms. The van der Waals surface area contributed by atoms with Gasteiger partial charge in [0.15, 0.2) is 0 Å². The molecule has 4 nitrogen and oxygen atoms in total. The number of hydrogen-bond donors (Lipinski definition) is 1. The molecule has 0 fully saturated rings. The predicted octanol–water partition coefficient (Wildman–Crippen LogP) is 3.35. The van der Waals surface area contributed by atoms with Crippen LogP contribution in [-0.2, 0) is 11.2 Å². The van der Waals surface area contributed by atoms with Gasteiger partial charge >= 0.3 is 0 Å². The topological polar surface area (TPSA) is 59.1 Å². The summed E-state index contributed by atoms with van der Waals surface area (Å²) in [6.07, 6.45) is 1.24. The van der Waals surface area contributed by atoms with Crippen molar-refractivity contribution in [2.24, 2.45) is 0 Å². The molecule has 1 heterocycles. The van der Waals surface area contributed by atoms with Crippen LogP contribution in [0.4, 0.5) is 0 Å². The van der Waals surface area contributed by atoms with Crippen LogP contribution in [0.25, 0.3) is 11.3 Å². The van der Waals surface area contributed by atoms with E-state index in [2.05, 4.69) is 9.69 Å². The Bertz CT molecular complexity index is 816. The van der Waals surface area contributed by atoms with E-state index in [1.165, 1.54) is 11.5 Å². The fourth-order valence-corrected chi connectivity index (χ4v) is 3.14. The highest BCUT2D eigenvalue weighted by molar-refractivity contribution is 7.04. The minimum absolute atomic E-state index is 0.282. The summed E-state index contributed by atoms with van der Waals surface area (Å²) in [4.78, 5) is 23.9. The van der Waals surface area contributed by atoms with Gasteiger partial charge in [0, 0.05) is 10.9 Å². The number of benzene rings is 2. The van der Waals surface area contributed by atoms with Crippen LogP contribution in [0.3, 0.4) is 0 Å². The number of amides is 1. The molecule has 0 aliphatic carbocycles. The van der Waals surface area contributed by atoms with Crippen LogP contribution in [-0.4, -0.2) is 22.6 Å². The van der Waals surface area contributed by atoms with E-state index in [9.17, 15) is 9.59 Å². The second-order valence-electron chi connectivity index (χ2n) is 5.35. The number of rotatable bonds is 6. The highest BCUT2D eigenvalue weighted by atomic mass is 32.1. The highest BCUT2D eigenvalue weighted by Gasteiger charge is 2.19. The van der Waals surface area contributed by atoms with Gasteiger partial charge in [0.25, 0.3) is 5.91 Å². The predicted molar refractivity (Wildman–Crippen MR) is 95.0 cm³/mol. The molecular formula is C19H16N2O2S. The Morgan fingerprint density at radius 2 is 1.75 bits per heavy atom. The van der Waals surface area contributed by atoms with Crippen LogP contribution in [0.5, 0.6) is 0 Å². The number of nitrogens with one attached hydrogen (secondary N) is 1. The Labute approximate surface area is 144 Å². The van der Waals surface area contributed by atoms with Crippen molar-refractivity contribution in [1.82, 2.24) is 9.69 Å². The van der Waals surface area contributed by atoms with E-state index in [1.54, 1.807) is 5.38 Å². The lowest BCUT2D eigenvalue weighted by atomic mass is 10.1. The maximum Gasteiger partial charge on any atom is 0.254 e. The molecule has 120 valence electrons. The Kier molecular flexibility index (Phi) is 5.13. The molecule has 0 spiro atoms. The van der Waals surface area contributed by atoms with E-state index in [1.807, 2.05) is 60.7 Å². The lowest BCUT2D eigenvalue weighted by molar-refractivity contribution is -0.109. The van der Waals surface area contributed by atoms with Gasteiger partial charge in [-0.25, -0.2) is 0 Å². The molecule has 1 N–H and O–H groups in total. The van der Waals surface area contributed by atoms with Crippen molar-refractivity contribution < 1.29 is 9.59 Å². The molecule has 5 heteroatoms. The second-order valence-corrected chi connectivity index (χ2v) is 5.98. The molecule has 0 aliphatic rings. The standard InChI is InChI=1S/C19H16N2O2S/c22-12-16(11-14-7-3-1-4-8-14)20-19(23)17-13-24-21-18(17)15-9-5-2-6-10-15/h1-10,12-13,16H,11H2,(H,20,23). The number of aldehydes is 1. The molecule has 1 amide bonds. The molecule has 1 unspecified atom stereocenters. The molecule has 2 aromatic carbocycles. The van der Waals surface area contributed by atoms with Crippen molar-refractivity contribution in [3.8, 4) is 11.3 Å². The van der Waals surface area contributed by atoms with Gasteiger partial charge in [0.1, 0.15) is 6.29 Å². The quantitative estimate of drug-likeness (QED) is 0.702. The van der Waals surface area contributed by atoms with Crippen molar-refractivity contribution >= 4 is 23.7 Å². The third-order valence-corrected chi connectivity index (χ3v) is 4.27. The van der Waals surface area contributed by atoms with E-state index in [-0.39, 0.29) is 5.91 Å². The first kappa shape index (κ1) is 16.1. The largest absolute Gasteiger partial charge is 0.342 e. The van der Waals surface area contributed by atoms with Crippen LogP contribution < -0.4 is 5.32 Å². The number of hydrogen-bond acceptors (Lipinski definition) is 4. The first-order valence-corrected chi connectivity index (χ1v) is 8.41. The number of carbonyl (C=O) groups excluding carboxylic acids is 2. The Balaban J connectivity index is 1.75. The van der Waals surface area contributed by atoms with Gasteiger partial charge in [-0.15, -0.1) is 0 Å². The maximum atomic E-state index is 12.6. The second kappa shape index (κ2) is 7.66. The zero-order chi connectivity index (χ0) is 16.8. The van der Waals surface area contributed by atoms with Crippen molar-refractivity contribution in [1.29, 1.82) is 0 Å². The first-order chi connectivity index (χ1) is 11.8. The lowest BCUT2D eigenvalue weighted by Crippen LogP contribution is -2.37. The van der Waals surface area contributed by atoms with E-state index in [0.29, 0.717) is 17.7 Å². The van der Waals surface area contributed by atoms with Gasteiger partial charge in [-0.3, -0.25) is 4.79 Å². The van der Waals surface area contributed by atoms with E-state index < -0.39 is 6.04 Å². The minimum Gasteiger partial charge on any atom is -0.342 e. The average Bonchev–Trinajstić information content (AvgIpc) is 3.12. The van der Waals surface area contributed by atoms with Gasteiger partial charge in [-0.2, -0.15) is 4.37 Å². The Morgan fingerprint density at radius 1 is 1.08 bits per heavy atom. The fraction of sp³-hybridized carbons (Fsp3) is 0.105. The molecule has 0 radical (unpaired) electrons. The molecule has 3 rings (SSSR count). The highest BCUT2D eigenvalue weighted by Crippen LogP contribution is 2.23. The minimum atomic E-state index is -0.566. The zero-order valence-electron chi connectivity index (χ0n) is 12.9. The molecule has 0 aliphatic heterocycles. The van der Waals surface area contributed by atoms with Crippen LogP contribution in [0.2, 0.25) is 0 Å². The molecular weight excluding hydrogens is 320 g/mol. The van der Waals surface area contributed by atoms with E-state index in [0.717, 1.165) is 17.4 Å². The summed E-state index contributed by atoms with van der Waals surface area (Å²) in [6, 6.07) is 18.6. The smallest absolute Gasteiger partial charge is 0.254 e. The third-order valence-electron chi connectivity index (χ3n) is 3.64. The fourth-order valence-electron chi connectivity index (χ4n) is 2.45. The zero-order valence-corrected chi connectivity index (χ0v) is 13.7. The molecule has 0 saturated carbocycles. The molecule has 1 aromatic heterocycles. The van der Waals surface area contributed by atoms with Crippen molar-refractivity contribution in [3.63, 3.8) is 0 Å². The molecule has 3 aromatic rings. The average molecular weight is 336 g/mol. The summed E-state index contributed by atoms with van der Waals surface area (Å²) < 4.78 is 4.32. The summed E-state index contributed by atoms with van der Waals surface area (Å²) in [5.41, 5.74) is 3.02. The van der Waals surface area contributed by atoms with Crippen LogP contribution >= 0.6 is 11.5 Å². The van der Waals surface area contributed by atoms with Crippen LogP contribution in [0.15, 0.2) is 66.0 Å². The van der Waals surface area contributed by atoms with Gasteiger partial charge in [0.2, 0.25) is 0 Å².